The van der Waals surface area contributed by atoms with Crippen molar-refractivity contribution in [3.63, 3.8) is 0 Å². The maximum Gasteiger partial charge on any atom is 0.331 e. The van der Waals surface area contributed by atoms with Gasteiger partial charge in [-0.1, -0.05) is 12.1 Å². The predicted octanol–water partition coefficient (Wildman–Crippen LogP) is -1.87. The van der Waals surface area contributed by atoms with Gasteiger partial charge in [-0.05, 0) is 23.8 Å². The number of benzene rings is 1. The van der Waals surface area contributed by atoms with E-state index in [9.17, 15) is 30.3 Å². The first-order chi connectivity index (χ1) is 13.3. The number of carbonyl (C=O) groups is 1. The average Bonchev–Trinajstić information content (AvgIpc) is 2.70. The molecule has 1 heterocycles. The van der Waals surface area contributed by atoms with Crippen molar-refractivity contribution in [2.45, 2.75) is 36.8 Å². The number of aliphatic hydroxyl groups is 5. The van der Waals surface area contributed by atoms with E-state index in [0.29, 0.717) is 5.56 Å². The van der Waals surface area contributed by atoms with Gasteiger partial charge in [0.05, 0.1) is 19.8 Å². The molecule has 0 bridgehead atoms. The van der Waals surface area contributed by atoms with Crippen LogP contribution in [0.5, 0.6) is 5.75 Å². The third-order valence-electron chi connectivity index (χ3n) is 4.09. The molecule has 0 radical (unpaired) electrons. The summed E-state index contributed by atoms with van der Waals surface area (Å²) in [4.78, 5) is 11.8. The van der Waals surface area contributed by atoms with Gasteiger partial charge in [-0.2, -0.15) is 0 Å². The number of aromatic hydroxyl groups is 1. The fraction of sp³-hybridized carbons (Fsp3) is 0.500. The SMILES string of the molecule is O=C(/C=C/c1ccc(O)cc1)O[C@H](CO)CO[C@@H]1O[C@H](CO)[C@@H](O)[C@H](O)[C@H]1O. The number of rotatable bonds is 8. The number of aliphatic hydroxyl groups excluding tert-OH is 5. The molecule has 1 saturated heterocycles. The molecule has 0 aromatic heterocycles. The summed E-state index contributed by atoms with van der Waals surface area (Å²) in [5, 5.41) is 57.0. The highest BCUT2D eigenvalue weighted by atomic mass is 16.7. The molecule has 10 heteroatoms. The highest BCUT2D eigenvalue weighted by Crippen LogP contribution is 2.22. The molecule has 2 rings (SSSR count). The summed E-state index contributed by atoms with van der Waals surface area (Å²) in [6.07, 6.45) is -5.73. The van der Waals surface area contributed by atoms with Crippen LogP contribution in [0.2, 0.25) is 0 Å². The monoisotopic (exact) mass is 400 g/mol. The second kappa shape index (κ2) is 10.5. The van der Waals surface area contributed by atoms with Crippen molar-refractivity contribution in [3.8, 4) is 5.75 Å². The summed E-state index contributed by atoms with van der Waals surface area (Å²) in [6.45, 7) is -1.54. The molecule has 6 N–H and O–H groups in total. The van der Waals surface area contributed by atoms with Crippen LogP contribution >= 0.6 is 0 Å². The maximum atomic E-state index is 11.8. The molecule has 156 valence electrons. The minimum Gasteiger partial charge on any atom is -0.508 e. The van der Waals surface area contributed by atoms with Crippen LogP contribution in [0.4, 0.5) is 0 Å². The molecule has 1 aromatic rings. The lowest BCUT2D eigenvalue weighted by molar-refractivity contribution is -0.305. The van der Waals surface area contributed by atoms with E-state index >= 15 is 0 Å². The van der Waals surface area contributed by atoms with Crippen LogP contribution in [0.15, 0.2) is 30.3 Å². The zero-order chi connectivity index (χ0) is 20.7. The molecule has 0 spiro atoms. The number of hydrogen-bond acceptors (Lipinski definition) is 10. The lowest BCUT2D eigenvalue weighted by Crippen LogP contribution is -2.59. The number of ether oxygens (including phenoxy) is 3. The molecule has 1 aliphatic rings. The Morgan fingerprint density at radius 3 is 2.39 bits per heavy atom. The molecule has 0 amide bonds. The number of esters is 1. The minimum absolute atomic E-state index is 0.0883. The van der Waals surface area contributed by atoms with Crippen molar-refractivity contribution in [3.05, 3.63) is 35.9 Å². The molecule has 0 unspecified atom stereocenters. The van der Waals surface area contributed by atoms with E-state index < -0.39 is 56.0 Å². The molecular weight excluding hydrogens is 376 g/mol. The van der Waals surface area contributed by atoms with Crippen molar-refractivity contribution in [2.75, 3.05) is 19.8 Å². The maximum absolute atomic E-state index is 11.8. The first-order valence-electron chi connectivity index (χ1n) is 8.56. The summed E-state index contributed by atoms with van der Waals surface area (Å²) in [5.74, 6) is -0.671. The van der Waals surface area contributed by atoms with Gasteiger partial charge in [0.25, 0.3) is 0 Å². The topological polar surface area (TPSA) is 166 Å². The minimum atomic E-state index is -1.60. The Kier molecular flexibility index (Phi) is 8.33. The third kappa shape index (κ3) is 5.97. The molecule has 0 saturated carbocycles. The zero-order valence-corrected chi connectivity index (χ0v) is 14.9. The van der Waals surface area contributed by atoms with Gasteiger partial charge in [0.15, 0.2) is 6.29 Å². The predicted molar refractivity (Wildman–Crippen MR) is 93.8 cm³/mol. The van der Waals surface area contributed by atoms with Crippen LogP contribution in [-0.2, 0) is 19.0 Å². The molecule has 10 nitrogen and oxygen atoms in total. The van der Waals surface area contributed by atoms with Gasteiger partial charge in [-0.25, -0.2) is 4.79 Å². The van der Waals surface area contributed by atoms with Crippen LogP contribution in [-0.4, -0.2) is 93.2 Å². The van der Waals surface area contributed by atoms with Crippen molar-refractivity contribution in [2.24, 2.45) is 0 Å². The van der Waals surface area contributed by atoms with Gasteiger partial charge in [0.1, 0.15) is 36.3 Å². The standard InChI is InChI=1S/C18H24O10/c19-7-12(27-14(22)6-3-10-1-4-11(21)5-2-10)9-26-18-17(25)16(24)15(23)13(8-20)28-18/h1-6,12-13,15-21,23-25H,7-9H2/b6-3+/t12-,13-,15-,16+,17-,18-/m1/s1. The van der Waals surface area contributed by atoms with Crippen LogP contribution < -0.4 is 0 Å². The molecule has 0 aliphatic carbocycles. The van der Waals surface area contributed by atoms with Crippen LogP contribution in [0.25, 0.3) is 6.08 Å². The van der Waals surface area contributed by atoms with E-state index in [2.05, 4.69) is 0 Å². The molecule has 1 aromatic carbocycles. The Balaban J connectivity index is 1.86. The highest BCUT2D eigenvalue weighted by molar-refractivity contribution is 5.87. The first-order valence-corrected chi connectivity index (χ1v) is 8.56. The van der Waals surface area contributed by atoms with Gasteiger partial charge in [-0.15, -0.1) is 0 Å². The van der Waals surface area contributed by atoms with Gasteiger partial charge < -0.3 is 44.8 Å². The van der Waals surface area contributed by atoms with Crippen molar-refractivity contribution in [1.29, 1.82) is 0 Å². The van der Waals surface area contributed by atoms with Crippen molar-refractivity contribution < 1.29 is 49.6 Å². The van der Waals surface area contributed by atoms with Gasteiger partial charge in [0.2, 0.25) is 0 Å². The van der Waals surface area contributed by atoms with E-state index in [1.54, 1.807) is 12.1 Å². The van der Waals surface area contributed by atoms with Crippen LogP contribution in [0, 0.1) is 0 Å². The number of carbonyl (C=O) groups excluding carboxylic acids is 1. The Hall–Kier alpha value is -2.05. The molecule has 28 heavy (non-hydrogen) atoms. The fourth-order valence-electron chi connectivity index (χ4n) is 2.48. The smallest absolute Gasteiger partial charge is 0.331 e. The Morgan fingerprint density at radius 1 is 1.11 bits per heavy atom. The molecule has 6 atom stereocenters. The summed E-state index contributed by atoms with van der Waals surface area (Å²) in [6, 6.07) is 6.08. The highest BCUT2D eigenvalue weighted by Gasteiger charge is 2.44. The Bertz CT molecular complexity index is 644. The largest absolute Gasteiger partial charge is 0.508 e. The van der Waals surface area contributed by atoms with E-state index in [-0.39, 0.29) is 12.4 Å². The number of hydrogen-bond donors (Lipinski definition) is 6. The van der Waals surface area contributed by atoms with Crippen LogP contribution in [0.1, 0.15) is 5.56 Å². The van der Waals surface area contributed by atoms with E-state index in [1.807, 2.05) is 0 Å². The zero-order valence-electron chi connectivity index (χ0n) is 14.9. The van der Waals surface area contributed by atoms with E-state index in [1.165, 1.54) is 18.2 Å². The summed E-state index contributed by atoms with van der Waals surface area (Å²) >= 11 is 0. The van der Waals surface area contributed by atoms with Gasteiger partial charge in [0, 0.05) is 6.08 Å². The van der Waals surface area contributed by atoms with E-state index in [4.69, 9.17) is 19.3 Å². The third-order valence-corrected chi connectivity index (χ3v) is 4.09. The van der Waals surface area contributed by atoms with Gasteiger partial charge in [-0.3, -0.25) is 0 Å². The number of phenolic OH excluding ortho intramolecular Hbond substituents is 1. The average molecular weight is 400 g/mol. The molecule has 1 aliphatic heterocycles. The first kappa shape index (κ1) is 22.2. The second-order valence-electron chi connectivity index (χ2n) is 6.20. The molecule has 1 fully saturated rings. The molecular formula is C18H24O10. The summed E-state index contributed by atoms with van der Waals surface area (Å²) in [7, 11) is 0. The van der Waals surface area contributed by atoms with Crippen molar-refractivity contribution in [1.82, 2.24) is 0 Å². The van der Waals surface area contributed by atoms with Gasteiger partial charge >= 0.3 is 5.97 Å². The Morgan fingerprint density at radius 2 is 1.79 bits per heavy atom. The lowest BCUT2D eigenvalue weighted by Gasteiger charge is -2.39. The quantitative estimate of drug-likeness (QED) is 0.215. The lowest BCUT2D eigenvalue weighted by atomic mass is 9.99. The van der Waals surface area contributed by atoms with Crippen molar-refractivity contribution >= 4 is 12.0 Å². The van der Waals surface area contributed by atoms with E-state index in [0.717, 1.165) is 6.08 Å². The fourth-order valence-corrected chi connectivity index (χ4v) is 2.48. The number of phenols is 1. The van der Waals surface area contributed by atoms with Crippen LogP contribution in [0.3, 0.4) is 0 Å². The Labute approximate surface area is 160 Å². The normalized spacial score (nSPS) is 29.0. The summed E-state index contributed by atoms with van der Waals surface area (Å²) in [5.41, 5.74) is 0.646. The second-order valence-corrected chi connectivity index (χ2v) is 6.20. The summed E-state index contributed by atoms with van der Waals surface area (Å²) < 4.78 is 15.4.